The summed E-state index contributed by atoms with van der Waals surface area (Å²) in [6.07, 6.45) is 2.65. The Morgan fingerprint density at radius 1 is 1.18 bits per heavy atom. The lowest BCUT2D eigenvalue weighted by atomic mass is 9.83. The van der Waals surface area contributed by atoms with E-state index in [1.54, 1.807) is 0 Å². The van der Waals surface area contributed by atoms with Crippen molar-refractivity contribution in [3.05, 3.63) is 42.1 Å². The summed E-state index contributed by atoms with van der Waals surface area (Å²) in [5, 5.41) is 3.17. The average molecular weight is 380 g/mol. The molecule has 1 aromatic heterocycles. The second-order valence-electron chi connectivity index (χ2n) is 7.85. The number of carbonyl (C=O) groups excluding carboxylic acids is 1. The van der Waals surface area contributed by atoms with Crippen LogP contribution >= 0.6 is 0 Å². The number of aryl methyl sites for hydroxylation is 1. The number of benzene rings is 1. The van der Waals surface area contributed by atoms with Gasteiger partial charge in [-0.15, -0.1) is 0 Å². The second-order valence-corrected chi connectivity index (χ2v) is 7.85. The Kier molecular flexibility index (Phi) is 5.57. The molecule has 4 rings (SSSR count). The average Bonchev–Trinajstić information content (AvgIpc) is 2.73. The minimum Gasteiger partial charge on any atom is -0.356 e. The number of likely N-dealkylation sites (N-methyl/N-ethyl adjacent to an activating group) is 1. The van der Waals surface area contributed by atoms with Crippen molar-refractivity contribution in [3.63, 3.8) is 0 Å². The fraction of sp³-hybridized carbons (Fsp3) is 0.500. The zero-order chi connectivity index (χ0) is 19.5. The molecule has 2 aliphatic rings. The van der Waals surface area contributed by atoms with Gasteiger partial charge in [-0.25, -0.2) is 9.97 Å². The third-order valence-corrected chi connectivity index (χ3v) is 5.94. The van der Waals surface area contributed by atoms with Crippen molar-refractivity contribution in [2.45, 2.75) is 32.2 Å². The number of aromatic nitrogens is 2. The van der Waals surface area contributed by atoms with E-state index < -0.39 is 0 Å². The topological polar surface area (TPSA) is 61.4 Å². The number of anilines is 1. The summed E-state index contributed by atoms with van der Waals surface area (Å²) in [6.45, 7) is 5.57. The molecule has 0 saturated carbocycles. The molecule has 0 radical (unpaired) electrons. The van der Waals surface area contributed by atoms with Gasteiger partial charge < -0.3 is 15.1 Å². The lowest BCUT2D eigenvalue weighted by Crippen LogP contribution is -2.57. The summed E-state index contributed by atoms with van der Waals surface area (Å²) in [6, 6.07) is 12.6. The SMILES string of the molecule is CNCCN1C(=O)CCC2CN(c3cc(C)nc(-c4ccccc4)n3)CCC21. The first kappa shape index (κ1) is 18.9. The summed E-state index contributed by atoms with van der Waals surface area (Å²) < 4.78 is 0. The Morgan fingerprint density at radius 2 is 2.00 bits per heavy atom. The highest BCUT2D eigenvalue weighted by Gasteiger charge is 2.39. The maximum atomic E-state index is 12.4. The number of hydrogen-bond acceptors (Lipinski definition) is 5. The van der Waals surface area contributed by atoms with Crippen LogP contribution in [0.15, 0.2) is 36.4 Å². The Bertz CT molecular complexity index is 825. The van der Waals surface area contributed by atoms with E-state index in [9.17, 15) is 4.79 Å². The smallest absolute Gasteiger partial charge is 0.222 e. The third kappa shape index (κ3) is 3.87. The van der Waals surface area contributed by atoms with Gasteiger partial charge in [0.1, 0.15) is 5.82 Å². The highest BCUT2D eigenvalue weighted by Crippen LogP contribution is 2.33. The van der Waals surface area contributed by atoms with Gasteiger partial charge in [0, 0.05) is 56.0 Å². The quantitative estimate of drug-likeness (QED) is 0.865. The summed E-state index contributed by atoms with van der Waals surface area (Å²) >= 11 is 0. The van der Waals surface area contributed by atoms with Crippen LogP contribution < -0.4 is 10.2 Å². The highest BCUT2D eigenvalue weighted by atomic mass is 16.2. The molecular weight excluding hydrogens is 350 g/mol. The molecule has 2 saturated heterocycles. The first-order valence-corrected chi connectivity index (χ1v) is 10.3. The molecule has 1 aromatic carbocycles. The maximum absolute atomic E-state index is 12.4. The van der Waals surface area contributed by atoms with Gasteiger partial charge in [0.25, 0.3) is 0 Å². The number of carbonyl (C=O) groups is 1. The van der Waals surface area contributed by atoms with E-state index >= 15 is 0 Å². The molecule has 0 spiro atoms. The van der Waals surface area contributed by atoms with Crippen molar-refractivity contribution in [2.75, 3.05) is 38.1 Å². The van der Waals surface area contributed by atoms with Gasteiger partial charge in [-0.1, -0.05) is 30.3 Å². The molecule has 6 heteroatoms. The van der Waals surface area contributed by atoms with E-state index in [-0.39, 0.29) is 0 Å². The van der Waals surface area contributed by atoms with E-state index in [4.69, 9.17) is 4.98 Å². The highest BCUT2D eigenvalue weighted by molar-refractivity contribution is 5.77. The second kappa shape index (κ2) is 8.27. The molecule has 1 amide bonds. The molecule has 1 N–H and O–H groups in total. The van der Waals surface area contributed by atoms with Crippen molar-refractivity contribution in [3.8, 4) is 11.4 Å². The van der Waals surface area contributed by atoms with Crippen LogP contribution in [0.5, 0.6) is 0 Å². The predicted molar refractivity (Wildman–Crippen MR) is 111 cm³/mol. The number of rotatable bonds is 5. The van der Waals surface area contributed by atoms with E-state index in [0.717, 1.165) is 61.9 Å². The van der Waals surface area contributed by atoms with Crippen LogP contribution in [0.2, 0.25) is 0 Å². The summed E-state index contributed by atoms with van der Waals surface area (Å²) in [7, 11) is 1.94. The van der Waals surface area contributed by atoms with E-state index in [1.807, 2.05) is 32.2 Å². The largest absolute Gasteiger partial charge is 0.356 e. The van der Waals surface area contributed by atoms with Gasteiger partial charge >= 0.3 is 0 Å². The number of amides is 1. The minimum absolute atomic E-state index is 0.314. The van der Waals surface area contributed by atoms with Crippen LogP contribution in [0.25, 0.3) is 11.4 Å². The van der Waals surface area contributed by atoms with Crippen molar-refractivity contribution in [2.24, 2.45) is 5.92 Å². The lowest BCUT2D eigenvalue weighted by molar-refractivity contribution is -0.139. The van der Waals surface area contributed by atoms with Gasteiger partial charge in [-0.05, 0) is 32.7 Å². The number of hydrogen-bond donors (Lipinski definition) is 1. The summed E-state index contributed by atoms with van der Waals surface area (Å²) in [5.74, 6) is 2.61. The van der Waals surface area contributed by atoms with Gasteiger partial charge in [0.2, 0.25) is 5.91 Å². The van der Waals surface area contributed by atoms with Crippen molar-refractivity contribution < 1.29 is 4.79 Å². The first-order chi connectivity index (χ1) is 13.7. The molecule has 2 aromatic rings. The molecule has 2 fully saturated rings. The van der Waals surface area contributed by atoms with Crippen molar-refractivity contribution in [1.82, 2.24) is 20.2 Å². The van der Waals surface area contributed by atoms with Gasteiger partial charge in [-0.3, -0.25) is 4.79 Å². The standard InChI is InChI=1S/C22H29N5O/c1-16-14-20(25-22(24-16)17-6-4-3-5-7-17)26-12-10-19-18(15-26)8-9-21(28)27(19)13-11-23-2/h3-7,14,18-19,23H,8-13,15H2,1-2H3. The molecule has 148 valence electrons. The van der Waals surface area contributed by atoms with Gasteiger partial charge in [-0.2, -0.15) is 0 Å². The first-order valence-electron chi connectivity index (χ1n) is 10.3. The Morgan fingerprint density at radius 3 is 2.79 bits per heavy atom. The van der Waals surface area contributed by atoms with Gasteiger partial charge in [0.05, 0.1) is 0 Å². The van der Waals surface area contributed by atoms with Gasteiger partial charge in [0.15, 0.2) is 5.82 Å². The zero-order valence-electron chi connectivity index (χ0n) is 16.8. The van der Waals surface area contributed by atoms with Crippen LogP contribution in [-0.4, -0.2) is 60.0 Å². The summed E-state index contributed by atoms with van der Waals surface area (Å²) in [5.41, 5.74) is 2.03. The van der Waals surface area contributed by atoms with Crippen LogP contribution in [0.1, 0.15) is 25.0 Å². The normalized spacial score (nSPS) is 22.3. The lowest BCUT2D eigenvalue weighted by Gasteiger charge is -2.47. The molecule has 28 heavy (non-hydrogen) atoms. The molecule has 2 atom stereocenters. The van der Waals surface area contributed by atoms with E-state index in [0.29, 0.717) is 24.3 Å². The molecule has 0 bridgehead atoms. The van der Waals surface area contributed by atoms with E-state index in [1.165, 1.54) is 0 Å². The fourth-order valence-corrected chi connectivity index (χ4v) is 4.51. The third-order valence-electron chi connectivity index (χ3n) is 5.94. The monoisotopic (exact) mass is 379 g/mol. The number of piperidine rings is 2. The Labute approximate surface area is 167 Å². The fourth-order valence-electron chi connectivity index (χ4n) is 4.51. The summed E-state index contributed by atoms with van der Waals surface area (Å²) in [4.78, 5) is 26.4. The minimum atomic E-state index is 0.314. The van der Waals surface area contributed by atoms with Crippen molar-refractivity contribution >= 4 is 11.7 Å². The molecule has 2 aliphatic heterocycles. The van der Waals surface area contributed by atoms with Crippen LogP contribution in [-0.2, 0) is 4.79 Å². The van der Waals surface area contributed by atoms with Crippen LogP contribution in [0, 0.1) is 12.8 Å². The van der Waals surface area contributed by atoms with Crippen molar-refractivity contribution in [1.29, 1.82) is 0 Å². The number of likely N-dealkylation sites (tertiary alicyclic amines) is 1. The molecular formula is C22H29N5O. The molecule has 2 unspecified atom stereocenters. The molecule has 6 nitrogen and oxygen atoms in total. The van der Waals surface area contributed by atoms with Crippen LogP contribution in [0.4, 0.5) is 5.82 Å². The number of fused-ring (bicyclic) bond motifs is 1. The Balaban J connectivity index is 1.53. The molecule has 3 heterocycles. The number of nitrogens with one attached hydrogen (secondary N) is 1. The molecule has 0 aliphatic carbocycles. The van der Waals surface area contributed by atoms with E-state index in [2.05, 4.69) is 38.3 Å². The predicted octanol–water partition coefficient (Wildman–Crippen LogP) is 2.49. The number of nitrogens with zero attached hydrogens (tertiary/aromatic N) is 4. The zero-order valence-corrected chi connectivity index (χ0v) is 16.8. The van der Waals surface area contributed by atoms with Crippen LogP contribution in [0.3, 0.4) is 0 Å². The Hall–Kier alpha value is -2.47. The maximum Gasteiger partial charge on any atom is 0.222 e.